The van der Waals surface area contributed by atoms with Crippen molar-refractivity contribution in [3.63, 3.8) is 0 Å². The minimum Gasteiger partial charge on any atom is -0.472 e. The minimum atomic E-state index is 0.372. The molecule has 3 heteroatoms. The summed E-state index contributed by atoms with van der Waals surface area (Å²) in [5.74, 6) is 0.372. The molecule has 0 spiro atoms. The van der Waals surface area contributed by atoms with Crippen LogP contribution in [0.4, 0.5) is 0 Å². The Hall–Kier alpha value is -1.25. The molecule has 0 radical (unpaired) electrons. The summed E-state index contributed by atoms with van der Waals surface area (Å²) in [4.78, 5) is 0. The van der Waals surface area contributed by atoms with Crippen LogP contribution in [0.3, 0.4) is 0 Å². The molecule has 2 nitrogen and oxygen atoms in total. The van der Waals surface area contributed by atoms with Crippen LogP contribution < -0.4 is 5.32 Å². The average Bonchev–Trinajstić information content (AvgIpc) is 2.88. The fraction of sp³-hybridized carbons (Fsp3) is 0.333. The van der Waals surface area contributed by atoms with Crippen molar-refractivity contribution in [2.75, 3.05) is 13.1 Å². The highest BCUT2D eigenvalue weighted by Gasteiger charge is 2.15. The number of rotatable bonds is 6. The molecule has 0 amide bonds. The number of halogens is 1. The molecule has 1 atom stereocenters. The molecule has 0 fully saturated rings. The SMILES string of the molecule is CCNCC(Cc1ccoc1)c1ccccc1Cl. The summed E-state index contributed by atoms with van der Waals surface area (Å²) >= 11 is 6.29. The van der Waals surface area contributed by atoms with Crippen LogP contribution >= 0.6 is 11.6 Å². The van der Waals surface area contributed by atoms with Crippen LogP contribution in [-0.4, -0.2) is 13.1 Å². The molecular formula is C15H18ClNO. The van der Waals surface area contributed by atoms with E-state index in [-0.39, 0.29) is 0 Å². The van der Waals surface area contributed by atoms with Gasteiger partial charge in [-0.25, -0.2) is 0 Å². The Morgan fingerprint density at radius 2 is 2.11 bits per heavy atom. The van der Waals surface area contributed by atoms with E-state index in [2.05, 4.69) is 18.3 Å². The van der Waals surface area contributed by atoms with Crippen LogP contribution in [0.15, 0.2) is 47.3 Å². The van der Waals surface area contributed by atoms with Crippen molar-refractivity contribution in [3.05, 3.63) is 59.0 Å². The zero-order valence-corrected chi connectivity index (χ0v) is 11.3. The number of hydrogen-bond acceptors (Lipinski definition) is 2. The third-order valence-corrected chi connectivity index (χ3v) is 3.39. The van der Waals surface area contributed by atoms with Crippen LogP contribution in [0, 0.1) is 0 Å². The second-order valence-electron chi connectivity index (χ2n) is 4.36. The monoisotopic (exact) mass is 263 g/mol. The van der Waals surface area contributed by atoms with Crippen molar-refractivity contribution >= 4 is 11.6 Å². The highest BCUT2D eigenvalue weighted by Crippen LogP contribution is 2.27. The highest BCUT2D eigenvalue weighted by atomic mass is 35.5. The lowest BCUT2D eigenvalue weighted by Crippen LogP contribution is -2.22. The summed E-state index contributed by atoms with van der Waals surface area (Å²) in [7, 11) is 0. The first kappa shape index (κ1) is 13.2. The van der Waals surface area contributed by atoms with Crippen molar-refractivity contribution < 1.29 is 4.42 Å². The molecule has 2 aromatic rings. The lowest BCUT2D eigenvalue weighted by atomic mass is 9.93. The van der Waals surface area contributed by atoms with Crippen LogP contribution in [-0.2, 0) is 6.42 Å². The quantitative estimate of drug-likeness (QED) is 0.856. The Balaban J connectivity index is 2.16. The molecule has 0 bridgehead atoms. The normalized spacial score (nSPS) is 12.6. The molecule has 0 saturated heterocycles. The van der Waals surface area contributed by atoms with Gasteiger partial charge in [0.05, 0.1) is 12.5 Å². The molecule has 96 valence electrons. The van der Waals surface area contributed by atoms with Crippen molar-refractivity contribution in [3.8, 4) is 0 Å². The summed E-state index contributed by atoms with van der Waals surface area (Å²) < 4.78 is 5.13. The van der Waals surface area contributed by atoms with Gasteiger partial charge < -0.3 is 9.73 Å². The maximum absolute atomic E-state index is 6.29. The van der Waals surface area contributed by atoms with E-state index in [9.17, 15) is 0 Å². The first-order chi connectivity index (χ1) is 8.81. The van der Waals surface area contributed by atoms with Gasteiger partial charge in [-0.3, -0.25) is 0 Å². The van der Waals surface area contributed by atoms with Gasteiger partial charge >= 0.3 is 0 Å². The third-order valence-electron chi connectivity index (χ3n) is 3.05. The lowest BCUT2D eigenvalue weighted by Gasteiger charge is -2.18. The Kier molecular flexibility index (Phi) is 4.85. The number of benzene rings is 1. The maximum Gasteiger partial charge on any atom is 0.0934 e. The Bertz CT molecular complexity index is 467. The fourth-order valence-corrected chi connectivity index (χ4v) is 2.40. The standard InChI is InChI=1S/C15H18ClNO/c1-2-17-10-13(9-12-7-8-18-11-12)14-5-3-4-6-15(14)16/h3-8,11,13,17H,2,9-10H2,1H3. The van der Waals surface area contributed by atoms with E-state index < -0.39 is 0 Å². The smallest absolute Gasteiger partial charge is 0.0934 e. The lowest BCUT2D eigenvalue weighted by molar-refractivity contribution is 0.555. The average molecular weight is 264 g/mol. The molecule has 0 aliphatic rings. The second kappa shape index (κ2) is 6.62. The predicted molar refractivity (Wildman–Crippen MR) is 75.1 cm³/mol. The van der Waals surface area contributed by atoms with Crippen LogP contribution in [0.25, 0.3) is 0 Å². The van der Waals surface area contributed by atoms with Gasteiger partial charge in [0.2, 0.25) is 0 Å². The molecule has 1 aromatic heterocycles. The van der Waals surface area contributed by atoms with Crippen LogP contribution in [0.1, 0.15) is 24.0 Å². The van der Waals surface area contributed by atoms with Crippen molar-refractivity contribution in [2.24, 2.45) is 0 Å². The fourth-order valence-electron chi connectivity index (χ4n) is 2.11. The van der Waals surface area contributed by atoms with E-state index in [4.69, 9.17) is 16.0 Å². The van der Waals surface area contributed by atoms with Crippen LogP contribution in [0.2, 0.25) is 5.02 Å². The molecule has 0 aliphatic heterocycles. The van der Waals surface area contributed by atoms with Gasteiger partial charge in [0.25, 0.3) is 0 Å². The van der Waals surface area contributed by atoms with Crippen molar-refractivity contribution in [1.82, 2.24) is 5.32 Å². The van der Waals surface area contributed by atoms with Crippen LogP contribution in [0.5, 0.6) is 0 Å². The topological polar surface area (TPSA) is 25.2 Å². The largest absolute Gasteiger partial charge is 0.472 e. The molecule has 2 rings (SSSR count). The van der Waals surface area contributed by atoms with E-state index in [1.165, 1.54) is 11.1 Å². The summed E-state index contributed by atoms with van der Waals surface area (Å²) in [5.41, 5.74) is 2.40. The molecule has 1 aromatic carbocycles. The molecule has 0 aliphatic carbocycles. The summed E-state index contributed by atoms with van der Waals surface area (Å²) in [5, 5.41) is 4.23. The van der Waals surface area contributed by atoms with Gasteiger partial charge in [-0.2, -0.15) is 0 Å². The maximum atomic E-state index is 6.29. The van der Waals surface area contributed by atoms with Crippen molar-refractivity contribution in [2.45, 2.75) is 19.3 Å². The summed E-state index contributed by atoms with van der Waals surface area (Å²) in [6.07, 6.45) is 4.45. The molecule has 1 N–H and O–H groups in total. The number of furan rings is 1. The molecule has 0 saturated carbocycles. The zero-order chi connectivity index (χ0) is 12.8. The first-order valence-corrected chi connectivity index (χ1v) is 6.65. The van der Waals surface area contributed by atoms with E-state index in [0.717, 1.165) is 24.5 Å². The predicted octanol–water partition coefficient (Wildman–Crippen LogP) is 3.87. The number of likely N-dealkylation sites (N-methyl/N-ethyl adjacent to an activating group) is 1. The second-order valence-corrected chi connectivity index (χ2v) is 4.77. The van der Waals surface area contributed by atoms with E-state index in [1.54, 1.807) is 12.5 Å². The molecular weight excluding hydrogens is 246 g/mol. The van der Waals surface area contributed by atoms with E-state index >= 15 is 0 Å². The van der Waals surface area contributed by atoms with Gasteiger partial charge in [-0.05, 0) is 36.2 Å². The molecule has 1 unspecified atom stereocenters. The van der Waals surface area contributed by atoms with Gasteiger partial charge in [-0.15, -0.1) is 0 Å². The summed E-state index contributed by atoms with van der Waals surface area (Å²) in [6.45, 7) is 4.00. The number of nitrogens with one attached hydrogen (secondary N) is 1. The Morgan fingerprint density at radius 1 is 1.28 bits per heavy atom. The van der Waals surface area contributed by atoms with Gasteiger partial charge in [-0.1, -0.05) is 36.7 Å². The highest BCUT2D eigenvalue weighted by molar-refractivity contribution is 6.31. The zero-order valence-electron chi connectivity index (χ0n) is 10.5. The minimum absolute atomic E-state index is 0.372. The summed E-state index contributed by atoms with van der Waals surface area (Å²) in [6, 6.07) is 10.1. The Morgan fingerprint density at radius 3 is 2.78 bits per heavy atom. The first-order valence-electron chi connectivity index (χ1n) is 6.27. The van der Waals surface area contributed by atoms with Gasteiger partial charge in [0.15, 0.2) is 0 Å². The van der Waals surface area contributed by atoms with E-state index in [1.807, 2.05) is 24.3 Å². The number of hydrogen-bond donors (Lipinski definition) is 1. The van der Waals surface area contributed by atoms with E-state index in [0.29, 0.717) is 5.92 Å². The van der Waals surface area contributed by atoms with Gasteiger partial charge in [0, 0.05) is 17.5 Å². The Labute approximate surface area is 113 Å². The third kappa shape index (κ3) is 3.37. The van der Waals surface area contributed by atoms with Gasteiger partial charge in [0.1, 0.15) is 0 Å². The molecule has 1 heterocycles. The molecule has 18 heavy (non-hydrogen) atoms. The van der Waals surface area contributed by atoms with Crippen molar-refractivity contribution in [1.29, 1.82) is 0 Å².